The quantitative estimate of drug-likeness (QED) is 0.216. The second-order valence-electron chi connectivity index (χ2n) is 16.5. The first-order chi connectivity index (χ1) is 23.4. The fourth-order valence-corrected chi connectivity index (χ4v) is 8.41. The van der Waals surface area contributed by atoms with Crippen LogP contribution < -0.4 is 0 Å². The average molecular weight is 770 g/mol. The summed E-state index contributed by atoms with van der Waals surface area (Å²) in [6.45, 7) is 16.3. The van der Waals surface area contributed by atoms with Crippen molar-refractivity contribution in [2.45, 2.75) is 179 Å². The van der Waals surface area contributed by atoms with Gasteiger partial charge in [0.05, 0.1) is 47.6 Å². The van der Waals surface area contributed by atoms with Crippen molar-refractivity contribution >= 4 is 11.8 Å². The molecular formula is C37H71NO15. The molecule has 0 amide bonds. The highest BCUT2D eigenvalue weighted by Crippen LogP contribution is 2.40. The molecule has 0 aromatic rings. The third kappa shape index (κ3) is 10.7. The van der Waals surface area contributed by atoms with Gasteiger partial charge in [0.25, 0.3) is 0 Å². The lowest BCUT2D eigenvalue weighted by atomic mass is 9.74. The molecule has 3 heterocycles. The molecule has 16 heteroatoms. The number of Topliss-reactive ketones (excluding diaryl/α,β-unsaturated/α-hetero) is 1. The number of hydrogen-bond acceptors (Lipinski definition) is 14. The molecule has 18 atom stereocenters. The van der Waals surface area contributed by atoms with Gasteiger partial charge in [0.1, 0.15) is 29.7 Å². The van der Waals surface area contributed by atoms with Crippen molar-refractivity contribution in [2.75, 3.05) is 21.2 Å². The maximum absolute atomic E-state index is 14.1. The van der Waals surface area contributed by atoms with Crippen molar-refractivity contribution in [1.29, 1.82) is 0 Å². The lowest BCUT2D eigenvalue weighted by Gasteiger charge is -2.49. The smallest absolute Gasteiger partial charge is 0.311 e. The number of hydrogen-bond donors (Lipinski definition) is 5. The van der Waals surface area contributed by atoms with E-state index < -0.39 is 108 Å². The zero-order chi connectivity index (χ0) is 39.0. The molecule has 3 saturated heterocycles. The number of carbonyl (C=O) groups is 2. The lowest BCUT2D eigenvalue weighted by molar-refractivity contribution is -0.318. The molecule has 0 aromatic carbocycles. The Balaban J connectivity index is 0.00000702. The molecule has 3 rings (SSSR count). The zero-order valence-corrected chi connectivity index (χ0v) is 33.9. The number of aliphatic hydroxyl groups excluding tert-OH is 3. The van der Waals surface area contributed by atoms with Gasteiger partial charge in [0.2, 0.25) is 0 Å². The van der Waals surface area contributed by atoms with E-state index in [1.54, 1.807) is 41.5 Å². The molecule has 0 spiro atoms. The molecule has 0 radical (unpaired) electrons. The third-order valence-electron chi connectivity index (χ3n) is 11.8. The van der Waals surface area contributed by atoms with E-state index in [2.05, 4.69) is 0 Å². The van der Waals surface area contributed by atoms with Gasteiger partial charge in [0, 0.05) is 37.3 Å². The number of likely N-dealkylation sites (N-methyl/N-ethyl adjacent to an activating group) is 1. The summed E-state index contributed by atoms with van der Waals surface area (Å²) in [4.78, 5) is 29.8. The number of nitrogens with zero attached hydrogens (tertiary/aromatic N) is 1. The first-order valence-corrected chi connectivity index (χ1v) is 18.5. The summed E-state index contributed by atoms with van der Waals surface area (Å²) in [6, 6.07) is -0.324. The van der Waals surface area contributed by atoms with Crippen LogP contribution in [0.2, 0.25) is 0 Å². The van der Waals surface area contributed by atoms with Gasteiger partial charge in [-0.1, -0.05) is 27.7 Å². The second kappa shape index (κ2) is 19.2. The Morgan fingerprint density at radius 1 is 0.868 bits per heavy atom. The largest absolute Gasteiger partial charge is 0.459 e. The minimum absolute atomic E-state index is 0. The highest BCUT2D eigenvalue weighted by Gasteiger charge is 2.53. The monoisotopic (exact) mass is 769 g/mol. The number of ether oxygens (including phenoxy) is 6. The van der Waals surface area contributed by atoms with Gasteiger partial charge < -0.3 is 69.8 Å². The number of rotatable bonds is 7. The Kier molecular flexibility index (Phi) is 18.0. The van der Waals surface area contributed by atoms with E-state index in [0.717, 1.165) is 0 Å². The van der Waals surface area contributed by atoms with Gasteiger partial charge in [-0.2, -0.15) is 0 Å². The molecule has 53 heavy (non-hydrogen) atoms. The Hall–Kier alpha value is -1.38. The van der Waals surface area contributed by atoms with Crippen LogP contribution in [0.3, 0.4) is 0 Å². The van der Waals surface area contributed by atoms with Crippen LogP contribution >= 0.6 is 0 Å². The van der Waals surface area contributed by atoms with Crippen molar-refractivity contribution in [2.24, 2.45) is 23.7 Å². The predicted molar refractivity (Wildman–Crippen MR) is 193 cm³/mol. The van der Waals surface area contributed by atoms with Crippen LogP contribution in [-0.4, -0.2) is 159 Å². The molecule has 1 unspecified atom stereocenters. The summed E-state index contributed by atoms with van der Waals surface area (Å²) < 4.78 is 37.1. The van der Waals surface area contributed by atoms with Crippen molar-refractivity contribution in [3.63, 3.8) is 0 Å². The minimum atomic E-state index is -1.99. The van der Waals surface area contributed by atoms with Gasteiger partial charge in [-0.25, -0.2) is 0 Å². The highest BCUT2D eigenvalue weighted by atomic mass is 16.7. The number of esters is 1. The van der Waals surface area contributed by atoms with E-state index in [0.29, 0.717) is 6.42 Å². The van der Waals surface area contributed by atoms with Crippen molar-refractivity contribution in [3.8, 4) is 0 Å². The van der Waals surface area contributed by atoms with Crippen molar-refractivity contribution in [1.82, 2.24) is 4.90 Å². The van der Waals surface area contributed by atoms with Crippen LogP contribution in [0.5, 0.6) is 0 Å². The number of ketones is 1. The molecule has 0 saturated carbocycles. The first-order valence-electron chi connectivity index (χ1n) is 18.5. The van der Waals surface area contributed by atoms with Crippen LogP contribution in [-0.2, 0) is 38.0 Å². The normalized spacial score (nSPS) is 47.9. The molecule has 0 aromatic heterocycles. The number of methoxy groups -OCH3 is 1. The van der Waals surface area contributed by atoms with E-state index in [4.69, 9.17) is 28.4 Å². The van der Waals surface area contributed by atoms with E-state index in [1.807, 2.05) is 25.9 Å². The third-order valence-corrected chi connectivity index (χ3v) is 11.8. The van der Waals surface area contributed by atoms with Gasteiger partial charge in [-0.05, 0) is 74.9 Å². The van der Waals surface area contributed by atoms with Crippen molar-refractivity contribution < 1.29 is 74.5 Å². The fraction of sp³-hybridized carbons (Fsp3) is 0.946. The van der Waals surface area contributed by atoms with Crippen LogP contribution in [0.4, 0.5) is 0 Å². The van der Waals surface area contributed by atoms with E-state index in [1.165, 1.54) is 27.9 Å². The number of carbonyl (C=O) groups excluding carboxylic acids is 2. The predicted octanol–water partition coefficient (Wildman–Crippen LogP) is 0.136. The van der Waals surface area contributed by atoms with E-state index in [-0.39, 0.29) is 42.4 Å². The van der Waals surface area contributed by atoms with E-state index >= 15 is 0 Å². The first kappa shape index (κ1) is 49.6. The van der Waals surface area contributed by atoms with Crippen LogP contribution in [0.1, 0.15) is 94.9 Å². The van der Waals surface area contributed by atoms with Crippen LogP contribution in [0, 0.1) is 23.7 Å². The minimum Gasteiger partial charge on any atom is -0.459 e. The Labute approximate surface area is 315 Å². The van der Waals surface area contributed by atoms with Crippen LogP contribution in [0.15, 0.2) is 0 Å². The Morgan fingerprint density at radius 3 is 1.98 bits per heavy atom. The molecular weight excluding hydrogens is 698 g/mol. The van der Waals surface area contributed by atoms with Crippen LogP contribution in [0.25, 0.3) is 0 Å². The summed E-state index contributed by atoms with van der Waals surface area (Å²) in [5, 5.41) is 57.6. The topological polar surface area (TPSA) is 257 Å². The molecule has 16 nitrogen and oxygen atoms in total. The SMILES string of the molecule is CC[C@H]1OC(=O)[C@H](C)[C@@H](O[C@H]2C[C@@](C)(OC)[C@@H](O)[C@H](C)O2)[C@H](C)[C@@H](O[C@@H]2O[C@H](C)C[C@H](N(C)C)[C@H]2O)[C@](C)(O)CC(C)C(=O)[C@H](C)[C@@H](O)[C@]1(C)O.O.O. The fourth-order valence-electron chi connectivity index (χ4n) is 8.41. The summed E-state index contributed by atoms with van der Waals surface area (Å²) in [5.74, 6) is -4.98. The zero-order valence-electron chi connectivity index (χ0n) is 33.9. The molecule has 0 aliphatic carbocycles. The summed E-state index contributed by atoms with van der Waals surface area (Å²) >= 11 is 0. The second-order valence-corrected chi connectivity index (χ2v) is 16.5. The highest BCUT2D eigenvalue weighted by molar-refractivity contribution is 5.83. The maximum Gasteiger partial charge on any atom is 0.311 e. The summed E-state index contributed by atoms with van der Waals surface area (Å²) in [7, 11) is 5.18. The average Bonchev–Trinajstić information content (AvgIpc) is 3.05. The Morgan fingerprint density at radius 2 is 1.45 bits per heavy atom. The molecule has 3 fully saturated rings. The standard InChI is InChI=1S/C37H67NO13.2H2O/c1-14-25-37(10,45)30(41)20(4)27(39)18(2)16-35(8,44)32(51-34-28(40)24(38(11)12)15-19(3)47-34)21(5)29(22(6)33(43)49-25)50-26-17-36(9,46-13)31(42)23(7)48-26;;/h18-26,28-32,34,40-42,44-45H,14-17H2,1-13H3;2*1H2/t18?,19-,20+,21+,22-,23+,24+,25-,26+,28-,29+,30-,31+,32-,34+,35-,36-,37-;;/m1../s1. The van der Waals surface area contributed by atoms with Gasteiger partial charge >= 0.3 is 5.97 Å². The Bertz CT molecular complexity index is 1170. The maximum atomic E-state index is 14.1. The van der Waals surface area contributed by atoms with Gasteiger partial charge in [-0.3, -0.25) is 9.59 Å². The van der Waals surface area contributed by atoms with Gasteiger partial charge in [-0.15, -0.1) is 0 Å². The molecule has 314 valence electrons. The summed E-state index contributed by atoms with van der Waals surface area (Å²) in [6.07, 6.45) is -9.71. The molecule has 9 N–H and O–H groups in total. The number of cyclic esters (lactones) is 1. The number of aliphatic hydroxyl groups is 5. The molecule has 3 aliphatic heterocycles. The molecule has 0 bridgehead atoms. The van der Waals surface area contributed by atoms with Gasteiger partial charge in [0.15, 0.2) is 12.6 Å². The summed E-state index contributed by atoms with van der Waals surface area (Å²) in [5.41, 5.74) is -4.84. The van der Waals surface area contributed by atoms with Crippen molar-refractivity contribution in [3.05, 3.63) is 0 Å². The van der Waals surface area contributed by atoms with E-state index in [9.17, 15) is 35.1 Å². The lowest BCUT2D eigenvalue weighted by Crippen LogP contribution is -2.61. The molecule has 3 aliphatic rings.